The lowest BCUT2D eigenvalue weighted by molar-refractivity contribution is -0.116. The number of aromatic nitrogens is 4. The van der Waals surface area contributed by atoms with Gasteiger partial charge in [-0.15, -0.1) is 11.3 Å². The van der Waals surface area contributed by atoms with Crippen molar-refractivity contribution in [2.45, 2.75) is 25.8 Å². The zero-order chi connectivity index (χ0) is 18.4. The van der Waals surface area contributed by atoms with Crippen LogP contribution in [-0.4, -0.2) is 31.1 Å². The number of carbonyl (C=O) groups is 2. The number of amides is 2. The van der Waals surface area contributed by atoms with E-state index in [2.05, 4.69) is 15.4 Å². The van der Waals surface area contributed by atoms with Gasteiger partial charge in [-0.1, -0.05) is 0 Å². The highest BCUT2D eigenvalue weighted by Crippen LogP contribution is 2.38. The minimum absolute atomic E-state index is 0.211. The number of rotatable bonds is 4. The number of carbonyl (C=O) groups excluding carboxylic acids is 2. The summed E-state index contributed by atoms with van der Waals surface area (Å²) in [5.74, 6) is -0.963. The first-order valence-electron chi connectivity index (χ1n) is 8.07. The van der Waals surface area contributed by atoms with Gasteiger partial charge in [0, 0.05) is 11.9 Å². The van der Waals surface area contributed by atoms with Crippen molar-refractivity contribution in [3.05, 3.63) is 38.9 Å². The van der Waals surface area contributed by atoms with E-state index in [9.17, 15) is 14.4 Å². The topological polar surface area (TPSA) is 125 Å². The Hall–Kier alpha value is -3.01. The molecule has 9 nitrogen and oxygen atoms in total. The largest absolute Gasteiger partial charge is 0.365 e. The molecule has 26 heavy (non-hydrogen) atoms. The number of fused-ring (bicyclic) bond motifs is 2. The van der Waals surface area contributed by atoms with Crippen LogP contribution in [0, 0.1) is 0 Å². The lowest BCUT2D eigenvalue weighted by Gasteiger charge is -2.08. The second kappa shape index (κ2) is 6.06. The van der Waals surface area contributed by atoms with E-state index in [1.165, 1.54) is 33.1 Å². The molecule has 134 valence electrons. The van der Waals surface area contributed by atoms with E-state index in [4.69, 9.17) is 5.73 Å². The Morgan fingerprint density at radius 3 is 2.96 bits per heavy atom. The number of nitrogens with zero attached hydrogens (tertiary/aromatic N) is 4. The van der Waals surface area contributed by atoms with Crippen LogP contribution < -0.4 is 16.6 Å². The smallest absolute Gasteiger partial charge is 0.264 e. The monoisotopic (exact) mass is 372 g/mol. The third-order valence-electron chi connectivity index (χ3n) is 4.45. The maximum absolute atomic E-state index is 12.4. The highest BCUT2D eigenvalue weighted by atomic mass is 32.1. The van der Waals surface area contributed by atoms with Crippen LogP contribution in [0.15, 0.2) is 17.3 Å². The first-order chi connectivity index (χ1) is 12.5. The number of nitrogens with one attached hydrogen (secondary N) is 1. The van der Waals surface area contributed by atoms with Gasteiger partial charge >= 0.3 is 0 Å². The lowest BCUT2D eigenvalue weighted by Crippen LogP contribution is -2.28. The quantitative estimate of drug-likeness (QED) is 0.686. The molecule has 1 aliphatic carbocycles. The molecule has 3 heterocycles. The van der Waals surface area contributed by atoms with E-state index in [1.807, 2.05) is 0 Å². The SMILES string of the molecule is Cn1ncc2c(=O)n(CC(=O)Nc3sc4c(c3C(N)=O)CCC4)cnc21. The summed E-state index contributed by atoms with van der Waals surface area (Å²) >= 11 is 1.38. The molecule has 3 N–H and O–H groups in total. The van der Waals surface area contributed by atoms with Gasteiger partial charge in [-0.2, -0.15) is 5.10 Å². The second-order valence-corrected chi connectivity index (χ2v) is 7.26. The van der Waals surface area contributed by atoms with Crippen LogP contribution in [0.5, 0.6) is 0 Å². The maximum Gasteiger partial charge on any atom is 0.264 e. The molecule has 0 spiro atoms. The molecule has 4 rings (SSSR count). The van der Waals surface area contributed by atoms with Crippen molar-refractivity contribution >= 4 is 39.2 Å². The van der Waals surface area contributed by atoms with Gasteiger partial charge < -0.3 is 11.1 Å². The van der Waals surface area contributed by atoms with Crippen LogP contribution in [0.2, 0.25) is 0 Å². The molecule has 0 aliphatic heterocycles. The van der Waals surface area contributed by atoms with Gasteiger partial charge in [0.2, 0.25) is 5.91 Å². The first-order valence-corrected chi connectivity index (χ1v) is 8.88. The predicted octanol–water partition coefficient (Wildman–Crippen LogP) is 0.418. The molecular weight excluding hydrogens is 356 g/mol. The van der Waals surface area contributed by atoms with E-state index < -0.39 is 11.8 Å². The second-order valence-electron chi connectivity index (χ2n) is 6.16. The van der Waals surface area contributed by atoms with Crippen molar-refractivity contribution in [3.8, 4) is 0 Å². The summed E-state index contributed by atoms with van der Waals surface area (Å²) in [6.07, 6.45) is 5.41. The van der Waals surface area contributed by atoms with Crippen LogP contribution in [0.3, 0.4) is 0 Å². The van der Waals surface area contributed by atoms with Crippen molar-refractivity contribution in [2.24, 2.45) is 12.8 Å². The van der Waals surface area contributed by atoms with Crippen molar-refractivity contribution in [2.75, 3.05) is 5.32 Å². The molecular formula is C16H16N6O3S. The van der Waals surface area contributed by atoms with Crippen molar-refractivity contribution in [1.29, 1.82) is 0 Å². The Kier molecular flexibility index (Phi) is 3.83. The fraction of sp³-hybridized carbons (Fsp3) is 0.312. The van der Waals surface area contributed by atoms with Gasteiger partial charge in [0.15, 0.2) is 5.65 Å². The number of nitrogens with two attached hydrogens (primary N) is 1. The predicted molar refractivity (Wildman–Crippen MR) is 96.3 cm³/mol. The van der Waals surface area contributed by atoms with E-state index in [1.54, 1.807) is 7.05 Å². The molecule has 3 aromatic heterocycles. The number of anilines is 1. The zero-order valence-corrected chi connectivity index (χ0v) is 14.8. The number of primary amides is 1. The van der Waals surface area contributed by atoms with Crippen molar-refractivity contribution in [1.82, 2.24) is 19.3 Å². The maximum atomic E-state index is 12.4. The lowest BCUT2D eigenvalue weighted by atomic mass is 10.1. The van der Waals surface area contributed by atoms with Gasteiger partial charge in [-0.05, 0) is 24.8 Å². The Morgan fingerprint density at radius 2 is 2.19 bits per heavy atom. The van der Waals surface area contributed by atoms with Crippen LogP contribution >= 0.6 is 11.3 Å². The van der Waals surface area contributed by atoms with Crippen LogP contribution in [0.25, 0.3) is 11.0 Å². The fourth-order valence-corrected chi connectivity index (χ4v) is 4.56. The first kappa shape index (κ1) is 16.5. The van der Waals surface area contributed by atoms with Crippen molar-refractivity contribution < 1.29 is 9.59 Å². The Morgan fingerprint density at radius 1 is 1.38 bits per heavy atom. The van der Waals surface area contributed by atoms with Crippen LogP contribution in [-0.2, 0) is 31.2 Å². The summed E-state index contributed by atoms with van der Waals surface area (Å²) in [6.45, 7) is -0.211. The summed E-state index contributed by atoms with van der Waals surface area (Å²) in [4.78, 5) is 41.9. The Balaban J connectivity index is 1.60. The van der Waals surface area contributed by atoms with Crippen LogP contribution in [0.1, 0.15) is 27.2 Å². The normalized spacial score (nSPS) is 13.1. The number of hydrogen-bond acceptors (Lipinski definition) is 6. The summed E-state index contributed by atoms with van der Waals surface area (Å²) < 4.78 is 2.71. The van der Waals surface area contributed by atoms with Gasteiger partial charge in [-0.3, -0.25) is 23.6 Å². The minimum Gasteiger partial charge on any atom is -0.365 e. The summed E-state index contributed by atoms with van der Waals surface area (Å²) in [5, 5.41) is 7.51. The van der Waals surface area contributed by atoms with E-state index in [0.717, 1.165) is 29.7 Å². The zero-order valence-electron chi connectivity index (χ0n) is 14.0. The molecule has 0 radical (unpaired) electrons. The molecule has 0 unspecified atom stereocenters. The minimum atomic E-state index is -0.546. The Bertz CT molecular complexity index is 1110. The molecule has 1 aliphatic rings. The fourth-order valence-electron chi connectivity index (χ4n) is 3.25. The van der Waals surface area contributed by atoms with E-state index in [0.29, 0.717) is 21.6 Å². The molecule has 0 aromatic carbocycles. The van der Waals surface area contributed by atoms with Gasteiger partial charge in [0.25, 0.3) is 11.5 Å². The number of hydrogen-bond donors (Lipinski definition) is 2. The van der Waals surface area contributed by atoms with E-state index in [-0.39, 0.29) is 12.1 Å². The highest BCUT2D eigenvalue weighted by molar-refractivity contribution is 7.17. The van der Waals surface area contributed by atoms with Gasteiger partial charge in [0.1, 0.15) is 23.3 Å². The molecule has 0 fully saturated rings. The molecule has 2 amide bonds. The summed E-state index contributed by atoms with van der Waals surface area (Å²) in [5.41, 5.74) is 6.93. The highest BCUT2D eigenvalue weighted by Gasteiger charge is 2.26. The summed E-state index contributed by atoms with van der Waals surface area (Å²) in [7, 11) is 1.69. The third kappa shape index (κ3) is 2.58. The number of aryl methyl sites for hydroxylation is 2. The Labute approximate surface area is 151 Å². The van der Waals surface area contributed by atoms with Crippen molar-refractivity contribution in [3.63, 3.8) is 0 Å². The third-order valence-corrected chi connectivity index (χ3v) is 5.66. The number of thiophene rings is 1. The molecule has 0 bridgehead atoms. The summed E-state index contributed by atoms with van der Waals surface area (Å²) in [6, 6.07) is 0. The standard InChI is InChI=1S/C16H16N6O3S/c1-21-14-9(5-19-21)16(25)22(7-18-14)6-11(23)20-15-12(13(17)24)8-3-2-4-10(8)26-15/h5,7H,2-4,6H2,1H3,(H2,17,24)(H,20,23). The molecule has 0 atom stereocenters. The molecule has 3 aromatic rings. The average molecular weight is 372 g/mol. The van der Waals surface area contributed by atoms with Gasteiger partial charge in [-0.25, -0.2) is 4.98 Å². The van der Waals surface area contributed by atoms with Crippen LogP contribution in [0.4, 0.5) is 5.00 Å². The average Bonchev–Trinajstić information content (AvgIpc) is 3.24. The van der Waals surface area contributed by atoms with E-state index >= 15 is 0 Å². The molecule has 10 heteroatoms. The molecule has 0 saturated heterocycles. The van der Waals surface area contributed by atoms with Gasteiger partial charge in [0.05, 0.1) is 11.8 Å². The molecule has 0 saturated carbocycles.